The van der Waals surface area contributed by atoms with E-state index in [1.807, 2.05) is 12.5 Å². The number of hydrogen-bond donors (Lipinski definition) is 3. The monoisotopic (exact) mass is 481 g/mol. The van der Waals surface area contributed by atoms with E-state index in [0.29, 0.717) is 17.8 Å². The zero-order chi connectivity index (χ0) is 24.7. The van der Waals surface area contributed by atoms with Crippen LogP contribution in [-0.2, 0) is 27.9 Å². The average molecular weight is 482 g/mol. The minimum Gasteiger partial charge on any atom is -0.381 e. The van der Waals surface area contributed by atoms with E-state index >= 15 is 0 Å². The molecule has 0 radical (unpaired) electrons. The molecule has 7 nitrogen and oxygen atoms in total. The fraction of sp³-hybridized carbons (Fsp3) is 0.643. The number of nitrogens with zero attached hydrogens (tertiary/aromatic N) is 2. The second-order valence-electron chi connectivity index (χ2n) is 10.9. The second-order valence-corrected chi connectivity index (χ2v) is 10.9. The Bertz CT molecular complexity index is 950. The normalized spacial score (nSPS) is 19.8. The summed E-state index contributed by atoms with van der Waals surface area (Å²) < 4.78 is 7.56. The Labute approximate surface area is 210 Å². The Hall–Kier alpha value is -2.22. The molecule has 2 heterocycles. The number of amides is 1. The number of fused-ring (bicyclic) bond motifs is 1. The summed E-state index contributed by atoms with van der Waals surface area (Å²) in [5, 5.41) is 10.3. The van der Waals surface area contributed by atoms with Crippen LogP contribution in [0.3, 0.4) is 0 Å². The third kappa shape index (κ3) is 7.15. The number of nitrogens with one attached hydrogen (secondary N) is 3. The molecular formula is C28H43N5O2. The van der Waals surface area contributed by atoms with Crippen LogP contribution in [0.25, 0.3) is 0 Å². The molecule has 1 fully saturated rings. The highest BCUT2D eigenvalue weighted by Crippen LogP contribution is 2.22. The number of ether oxygens (including phenoxy) is 1. The molecule has 1 saturated heterocycles. The highest BCUT2D eigenvalue weighted by Gasteiger charge is 2.26. The van der Waals surface area contributed by atoms with Gasteiger partial charge < -0.3 is 25.3 Å². The van der Waals surface area contributed by atoms with Gasteiger partial charge in [0.25, 0.3) is 0 Å². The molecule has 2 atom stereocenters. The van der Waals surface area contributed by atoms with Crippen molar-refractivity contribution in [2.24, 2.45) is 5.92 Å². The van der Waals surface area contributed by atoms with Crippen LogP contribution in [0.5, 0.6) is 0 Å². The maximum absolute atomic E-state index is 13.2. The maximum Gasteiger partial charge on any atom is 0.242 e. The molecule has 192 valence electrons. The van der Waals surface area contributed by atoms with Gasteiger partial charge in [0.05, 0.1) is 17.9 Å². The molecule has 0 bridgehead atoms. The van der Waals surface area contributed by atoms with Crippen LogP contribution >= 0.6 is 0 Å². The number of benzene rings is 1. The van der Waals surface area contributed by atoms with Crippen molar-refractivity contribution < 1.29 is 9.53 Å². The molecule has 7 heteroatoms. The van der Waals surface area contributed by atoms with Crippen molar-refractivity contribution in [1.82, 2.24) is 20.2 Å². The topological polar surface area (TPSA) is 80.2 Å². The van der Waals surface area contributed by atoms with Gasteiger partial charge in [-0.1, -0.05) is 37.6 Å². The van der Waals surface area contributed by atoms with Crippen molar-refractivity contribution in [3.05, 3.63) is 47.9 Å². The van der Waals surface area contributed by atoms with E-state index in [-0.39, 0.29) is 17.5 Å². The molecule has 1 aliphatic carbocycles. The molecular weight excluding hydrogens is 438 g/mol. The van der Waals surface area contributed by atoms with Crippen LogP contribution in [0, 0.1) is 5.92 Å². The smallest absolute Gasteiger partial charge is 0.242 e. The SMILES string of the molecule is CCC[C@H](NC1CCc2ccccc2C1)C(=O)Nc1cn(C(C)(C)CNCC2CCOCC2)cn1. The molecule has 35 heavy (non-hydrogen) atoms. The van der Waals surface area contributed by atoms with Gasteiger partial charge in [0.15, 0.2) is 5.82 Å². The number of aryl methyl sites for hydroxylation is 1. The average Bonchev–Trinajstić information content (AvgIpc) is 3.34. The van der Waals surface area contributed by atoms with Crippen LogP contribution in [-0.4, -0.2) is 53.8 Å². The van der Waals surface area contributed by atoms with Crippen molar-refractivity contribution in [1.29, 1.82) is 0 Å². The molecule has 1 aromatic carbocycles. The molecule has 2 aliphatic rings. The van der Waals surface area contributed by atoms with Crippen LogP contribution in [0.1, 0.15) is 64.0 Å². The Morgan fingerprint density at radius 3 is 2.74 bits per heavy atom. The Balaban J connectivity index is 1.29. The fourth-order valence-electron chi connectivity index (χ4n) is 5.26. The van der Waals surface area contributed by atoms with E-state index in [2.05, 4.69) is 70.5 Å². The molecule has 1 unspecified atom stereocenters. The molecule has 3 N–H and O–H groups in total. The number of carbonyl (C=O) groups excluding carboxylic acids is 1. The molecule has 0 saturated carbocycles. The number of carbonyl (C=O) groups is 1. The van der Waals surface area contributed by atoms with Gasteiger partial charge in [-0.25, -0.2) is 4.98 Å². The van der Waals surface area contributed by atoms with Crippen LogP contribution in [0.4, 0.5) is 5.82 Å². The molecule has 1 amide bonds. The summed E-state index contributed by atoms with van der Waals surface area (Å²) in [7, 11) is 0. The number of imidazole rings is 1. The van der Waals surface area contributed by atoms with E-state index in [9.17, 15) is 4.79 Å². The first-order valence-electron chi connectivity index (χ1n) is 13.4. The van der Waals surface area contributed by atoms with Gasteiger partial charge in [-0.05, 0) is 76.0 Å². The first kappa shape index (κ1) is 25.9. The van der Waals surface area contributed by atoms with Crippen molar-refractivity contribution in [3.8, 4) is 0 Å². The van der Waals surface area contributed by atoms with Gasteiger partial charge >= 0.3 is 0 Å². The molecule has 1 aliphatic heterocycles. The van der Waals surface area contributed by atoms with Crippen molar-refractivity contribution in [3.63, 3.8) is 0 Å². The van der Waals surface area contributed by atoms with Crippen molar-refractivity contribution in [2.45, 2.75) is 83.3 Å². The highest BCUT2D eigenvalue weighted by molar-refractivity contribution is 5.94. The largest absolute Gasteiger partial charge is 0.381 e. The van der Waals surface area contributed by atoms with Crippen LogP contribution in [0.15, 0.2) is 36.8 Å². The van der Waals surface area contributed by atoms with E-state index in [1.54, 1.807) is 0 Å². The lowest BCUT2D eigenvalue weighted by Crippen LogP contribution is -2.47. The molecule has 1 aromatic heterocycles. The van der Waals surface area contributed by atoms with Crippen molar-refractivity contribution in [2.75, 3.05) is 31.6 Å². The first-order valence-corrected chi connectivity index (χ1v) is 13.4. The number of aromatic nitrogens is 2. The van der Waals surface area contributed by atoms with Gasteiger partial charge in [0.2, 0.25) is 5.91 Å². The zero-order valence-electron chi connectivity index (χ0n) is 21.7. The number of rotatable bonds is 11. The summed E-state index contributed by atoms with van der Waals surface area (Å²) in [6, 6.07) is 8.77. The fourth-order valence-corrected chi connectivity index (χ4v) is 5.26. The van der Waals surface area contributed by atoms with E-state index < -0.39 is 0 Å². The lowest BCUT2D eigenvalue weighted by atomic mass is 9.88. The summed E-state index contributed by atoms with van der Waals surface area (Å²) in [5.41, 5.74) is 2.70. The third-order valence-corrected chi connectivity index (χ3v) is 7.54. The minimum absolute atomic E-state index is 0.00593. The quantitative estimate of drug-likeness (QED) is 0.454. The number of anilines is 1. The van der Waals surface area contributed by atoms with Crippen LogP contribution in [0.2, 0.25) is 0 Å². The molecule has 0 spiro atoms. The van der Waals surface area contributed by atoms with E-state index in [0.717, 1.165) is 71.2 Å². The predicted molar refractivity (Wildman–Crippen MR) is 141 cm³/mol. The summed E-state index contributed by atoms with van der Waals surface area (Å²) in [6.45, 7) is 10.1. The summed E-state index contributed by atoms with van der Waals surface area (Å²) in [6.07, 6.45) is 10.9. The first-order chi connectivity index (χ1) is 16.9. The third-order valence-electron chi connectivity index (χ3n) is 7.54. The summed E-state index contributed by atoms with van der Waals surface area (Å²) >= 11 is 0. The maximum atomic E-state index is 13.2. The van der Waals surface area contributed by atoms with E-state index in [1.165, 1.54) is 11.1 Å². The van der Waals surface area contributed by atoms with Gasteiger partial charge in [-0.2, -0.15) is 0 Å². The Morgan fingerprint density at radius 1 is 1.20 bits per heavy atom. The second kappa shape index (κ2) is 12.2. The van der Waals surface area contributed by atoms with Gasteiger partial charge in [0, 0.05) is 32.0 Å². The summed E-state index contributed by atoms with van der Waals surface area (Å²) in [4.78, 5) is 17.7. The van der Waals surface area contributed by atoms with Gasteiger partial charge in [-0.3, -0.25) is 4.79 Å². The molecule has 4 rings (SSSR count). The highest BCUT2D eigenvalue weighted by atomic mass is 16.5. The lowest BCUT2D eigenvalue weighted by Gasteiger charge is -2.29. The minimum atomic E-state index is -0.213. The van der Waals surface area contributed by atoms with Crippen molar-refractivity contribution >= 4 is 11.7 Å². The number of hydrogen-bond acceptors (Lipinski definition) is 5. The standard InChI is InChI=1S/C28H43N5O2/c1-4-7-25(31-24-11-10-22-8-5-6-9-23(22)16-24)27(34)32-26-18-33(20-30-26)28(2,3)19-29-17-21-12-14-35-15-13-21/h5-6,8-9,18,20-21,24-25,29,31H,4,7,10-17,19H2,1-3H3,(H,32,34)/t24?,25-/m0/s1. The van der Waals surface area contributed by atoms with Gasteiger partial charge in [-0.15, -0.1) is 0 Å². The Kier molecular flexibility index (Phi) is 8.98. The zero-order valence-corrected chi connectivity index (χ0v) is 21.7. The van der Waals surface area contributed by atoms with E-state index in [4.69, 9.17) is 4.74 Å². The summed E-state index contributed by atoms with van der Waals surface area (Å²) in [5.74, 6) is 1.31. The lowest BCUT2D eigenvalue weighted by molar-refractivity contribution is -0.118. The predicted octanol–water partition coefficient (Wildman–Crippen LogP) is 3.89. The molecule has 2 aromatic rings. The Morgan fingerprint density at radius 2 is 1.97 bits per heavy atom. The van der Waals surface area contributed by atoms with Gasteiger partial charge in [0.1, 0.15) is 0 Å². The van der Waals surface area contributed by atoms with Crippen LogP contribution < -0.4 is 16.0 Å².